The molecule has 0 fully saturated rings. The van der Waals surface area contributed by atoms with Gasteiger partial charge in [-0.05, 0) is 0 Å². The summed E-state index contributed by atoms with van der Waals surface area (Å²) in [6, 6.07) is 0. The molecule has 0 aromatic rings. The molecule has 0 atom stereocenters. The number of hydrogen-bond acceptors (Lipinski definition) is 6. The van der Waals surface area contributed by atoms with Crippen LogP contribution in [0, 0.1) is 0 Å². The summed E-state index contributed by atoms with van der Waals surface area (Å²) >= 11 is 0. The van der Waals surface area contributed by atoms with Gasteiger partial charge in [-0.1, -0.05) is 4.33 Å². The van der Waals surface area contributed by atoms with Gasteiger partial charge in [-0.2, -0.15) is 8.42 Å². The van der Waals surface area contributed by atoms with Gasteiger partial charge >= 0.3 is 46.1 Å². The van der Waals surface area contributed by atoms with Crippen molar-refractivity contribution in [1.82, 2.24) is 6.15 Å². The summed E-state index contributed by atoms with van der Waals surface area (Å²) in [7, 11) is -4.61. The zero-order valence-electron chi connectivity index (χ0n) is 5.04. The van der Waals surface area contributed by atoms with E-state index in [9.17, 15) is 0 Å². The first-order valence-electron chi connectivity index (χ1n) is 1.52. The summed E-state index contributed by atoms with van der Waals surface area (Å²) in [5, 5.41) is 21.0. The summed E-state index contributed by atoms with van der Waals surface area (Å²) in [4.78, 5) is 8.56. The first kappa shape index (κ1) is 22.7. The molecule has 0 saturated heterocycles. The third kappa shape index (κ3) is 88.2. The molecule has 0 aromatic heterocycles. The first-order valence-corrected chi connectivity index (χ1v) is 2.88. The molecule has 7 N–H and O–H groups in total. The van der Waals surface area contributed by atoms with E-state index >= 15 is 0 Å². The van der Waals surface area contributed by atoms with Crippen molar-refractivity contribution in [1.29, 1.82) is 0 Å². The topological polar surface area (TPSA) is 176 Å². The van der Waals surface area contributed by atoms with Gasteiger partial charge in [-0.25, -0.2) is 10.1 Å². The molecular formula is CH8NNaO8S. The minimum absolute atomic E-state index is 0. The average Bonchev–Trinajstić information content (AvgIpc) is 1.63. The quantitative estimate of drug-likeness (QED) is 0.160. The summed E-state index contributed by atoms with van der Waals surface area (Å²) < 4.78 is 28.0. The Bertz CT molecular complexity index is 181. The SMILES string of the molecule is N.O=C(O)O.O=S(=O)(O)OO.[NaH]. The molecule has 0 aromatic carbocycles. The molecule has 0 saturated carbocycles. The Hall–Kier alpha value is 0.0600. The van der Waals surface area contributed by atoms with E-state index in [4.69, 9.17) is 33.2 Å². The molecule has 0 unspecified atom stereocenters. The van der Waals surface area contributed by atoms with Crippen molar-refractivity contribution in [3.8, 4) is 0 Å². The van der Waals surface area contributed by atoms with Gasteiger partial charge in [0, 0.05) is 0 Å². The normalized spacial score (nSPS) is 7.83. The van der Waals surface area contributed by atoms with Crippen LogP contribution in [0.2, 0.25) is 0 Å². The molecular weight excluding hydrogens is 209 g/mol. The van der Waals surface area contributed by atoms with Crippen molar-refractivity contribution in [2.75, 3.05) is 0 Å². The molecule has 72 valence electrons. The summed E-state index contributed by atoms with van der Waals surface area (Å²) in [5.41, 5.74) is 0. The van der Waals surface area contributed by atoms with Crippen LogP contribution in [-0.2, 0) is 14.7 Å². The van der Waals surface area contributed by atoms with Crippen LogP contribution in [0.15, 0.2) is 0 Å². The molecule has 0 spiro atoms. The van der Waals surface area contributed by atoms with E-state index < -0.39 is 16.6 Å². The number of hydrogen-bond donors (Lipinski definition) is 5. The van der Waals surface area contributed by atoms with Crippen molar-refractivity contribution in [3.63, 3.8) is 0 Å². The molecule has 0 rings (SSSR count). The maximum absolute atomic E-state index is 9.08. The second-order valence-corrected chi connectivity index (χ2v) is 1.79. The number of carbonyl (C=O) groups is 1. The fourth-order valence-electron chi connectivity index (χ4n) is 0. The standard InChI is InChI=1S/CH2O3.H3N.Na.H2O5S.H/c2-1(3)4;;;1-5-6(2,3)4;/h(H2,2,3,4);1H3;;1H,(H,2,3,4);. The van der Waals surface area contributed by atoms with E-state index in [2.05, 4.69) is 4.33 Å². The third-order valence-electron chi connectivity index (χ3n) is 0.0942. The summed E-state index contributed by atoms with van der Waals surface area (Å²) in [6.07, 6.45) is -1.83. The van der Waals surface area contributed by atoms with E-state index in [1.54, 1.807) is 0 Å². The molecule has 0 heterocycles. The van der Waals surface area contributed by atoms with Gasteiger partial charge < -0.3 is 16.4 Å². The van der Waals surface area contributed by atoms with Crippen LogP contribution in [0.5, 0.6) is 0 Å². The van der Waals surface area contributed by atoms with Crippen molar-refractivity contribution in [3.05, 3.63) is 0 Å². The van der Waals surface area contributed by atoms with E-state index in [1.165, 1.54) is 0 Å². The van der Waals surface area contributed by atoms with E-state index in [1.807, 2.05) is 0 Å². The maximum atomic E-state index is 9.08. The monoisotopic (exact) mass is 217 g/mol. The molecule has 12 heavy (non-hydrogen) atoms. The minimum atomic E-state index is -4.61. The molecule has 9 nitrogen and oxygen atoms in total. The average molecular weight is 217 g/mol. The van der Waals surface area contributed by atoms with Gasteiger partial charge in [0.05, 0.1) is 0 Å². The van der Waals surface area contributed by atoms with Crippen LogP contribution in [-0.4, -0.2) is 64.2 Å². The Morgan fingerprint density at radius 2 is 1.33 bits per heavy atom. The number of carboxylic acid groups (broad SMARTS) is 2. The van der Waals surface area contributed by atoms with Crippen molar-refractivity contribution >= 4 is 46.1 Å². The molecule has 0 aliphatic heterocycles. The predicted molar refractivity (Wildman–Crippen MR) is 38.1 cm³/mol. The first-order chi connectivity index (χ1) is 4.29. The second kappa shape index (κ2) is 11.1. The van der Waals surface area contributed by atoms with Crippen LogP contribution in [0.4, 0.5) is 4.79 Å². The molecule has 0 radical (unpaired) electrons. The van der Waals surface area contributed by atoms with E-state index in [0.29, 0.717) is 0 Å². The molecule has 0 bridgehead atoms. The molecule has 0 aliphatic rings. The summed E-state index contributed by atoms with van der Waals surface area (Å²) in [6.45, 7) is 0. The Kier molecular flexibility index (Phi) is 20.9. The fraction of sp³-hybridized carbons (Fsp3) is 0. The van der Waals surface area contributed by atoms with Crippen LogP contribution < -0.4 is 6.15 Å². The second-order valence-electron chi connectivity index (χ2n) is 0.785. The van der Waals surface area contributed by atoms with Crippen molar-refractivity contribution in [2.45, 2.75) is 0 Å². The van der Waals surface area contributed by atoms with Gasteiger partial charge in [-0.15, -0.1) is 0 Å². The van der Waals surface area contributed by atoms with E-state index in [-0.39, 0.29) is 35.7 Å². The van der Waals surface area contributed by atoms with Gasteiger partial charge in [0.1, 0.15) is 0 Å². The summed E-state index contributed by atoms with van der Waals surface area (Å²) in [5.74, 6) is 0. The molecule has 11 heteroatoms. The molecule has 0 amide bonds. The Balaban J connectivity index is -0.0000000483. The van der Waals surface area contributed by atoms with Gasteiger partial charge in [0.15, 0.2) is 0 Å². The van der Waals surface area contributed by atoms with Gasteiger partial charge in [0.25, 0.3) is 0 Å². The fourth-order valence-corrected chi connectivity index (χ4v) is 0. The predicted octanol–water partition coefficient (Wildman–Crippen LogP) is -0.985. The van der Waals surface area contributed by atoms with Gasteiger partial charge in [0.2, 0.25) is 0 Å². The van der Waals surface area contributed by atoms with Crippen LogP contribution >= 0.6 is 0 Å². The zero-order valence-corrected chi connectivity index (χ0v) is 5.85. The molecule has 0 aliphatic carbocycles. The van der Waals surface area contributed by atoms with Crippen LogP contribution in [0.3, 0.4) is 0 Å². The van der Waals surface area contributed by atoms with Crippen molar-refractivity contribution in [2.24, 2.45) is 0 Å². The number of rotatable bonds is 1. The van der Waals surface area contributed by atoms with E-state index in [0.717, 1.165) is 0 Å². The van der Waals surface area contributed by atoms with Crippen LogP contribution in [0.1, 0.15) is 0 Å². The van der Waals surface area contributed by atoms with Gasteiger partial charge in [-0.3, -0.25) is 4.55 Å². The van der Waals surface area contributed by atoms with Crippen LogP contribution in [0.25, 0.3) is 0 Å². The Morgan fingerprint density at radius 1 is 1.25 bits per heavy atom. The zero-order chi connectivity index (χ0) is 8.78. The Morgan fingerprint density at radius 3 is 1.33 bits per heavy atom. The Labute approximate surface area is 89.7 Å². The van der Waals surface area contributed by atoms with Crippen molar-refractivity contribution < 1.29 is 37.6 Å². The third-order valence-corrected chi connectivity index (χ3v) is 0.283.